The topological polar surface area (TPSA) is 35.2 Å². The number of aromatic nitrogens is 8. The second-order valence-corrected chi connectivity index (χ2v) is 13.0. The Hall–Kier alpha value is -5.50. The number of rotatable bonds is 0. The minimum atomic E-state index is 0.824. The van der Waals surface area contributed by atoms with Crippen molar-refractivity contribution in [3.63, 3.8) is 0 Å². The van der Waals surface area contributed by atoms with E-state index in [2.05, 4.69) is 172 Å². The molecule has 0 fully saturated rings. The third-order valence-electron chi connectivity index (χ3n) is 9.57. The van der Waals surface area contributed by atoms with Crippen molar-refractivity contribution in [2.45, 2.75) is 52.4 Å². The van der Waals surface area contributed by atoms with Crippen molar-refractivity contribution in [3.05, 3.63) is 180 Å². The minimum absolute atomic E-state index is 0.824. The first kappa shape index (κ1) is 26.9. The summed E-state index contributed by atoms with van der Waals surface area (Å²) in [7, 11) is 0. The van der Waals surface area contributed by atoms with E-state index in [4.69, 9.17) is 0 Å². The number of fused-ring (bicyclic) bond motifs is 12. The van der Waals surface area contributed by atoms with Gasteiger partial charge in [0.05, 0.1) is 0 Å². The molecule has 8 heteroatoms. The van der Waals surface area contributed by atoms with Gasteiger partial charge in [-0.15, -0.1) is 0 Å². The lowest BCUT2D eigenvalue weighted by atomic mass is 9.97. The summed E-state index contributed by atoms with van der Waals surface area (Å²) in [5.41, 5.74) is 10.9. The summed E-state index contributed by atoms with van der Waals surface area (Å²) in [6.07, 6.45) is 26.7. The SMILES string of the molecule is c1ccc2c(c1)Cn1cc[n+](c1)Cc1cc3c(cc1C[n+]1ccn(c1)C2)C[n+]1ccn(c1)Cc1ccccc1Cn1cc[n+](c1)C3. The first-order valence-corrected chi connectivity index (χ1v) is 16.1. The normalized spacial score (nSPS) is 14.3. The molecule has 0 amide bonds. The van der Waals surface area contributed by atoms with Gasteiger partial charge in [-0.3, -0.25) is 0 Å². The van der Waals surface area contributed by atoms with Gasteiger partial charge < -0.3 is 0 Å². The maximum absolute atomic E-state index is 2.47. The molecule has 2 aliphatic rings. The van der Waals surface area contributed by atoms with Gasteiger partial charge in [-0.05, 0) is 12.1 Å². The first-order valence-electron chi connectivity index (χ1n) is 16.1. The van der Waals surface area contributed by atoms with E-state index in [0.717, 1.165) is 52.4 Å². The van der Waals surface area contributed by atoms with Crippen molar-refractivity contribution in [1.82, 2.24) is 18.3 Å². The molecule has 0 N–H and O–H groups in total. The van der Waals surface area contributed by atoms with Gasteiger partial charge in [-0.1, -0.05) is 48.5 Å². The van der Waals surface area contributed by atoms with E-state index in [0.29, 0.717) is 0 Å². The number of imidazole rings is 4. The van der Waals surface area contributed by atoms with Crippen LogP contribution in [0.4, 0.5) is 0 Å². The maximum Gasteiger partial charge on any atom is 0.244 e. The predicted octanol–water partition coefficient (Wildman–Crippen LogP) is 3.06. The standard InChI is InChI=1S/C38H38N8/c1-2-6-32-20-40-10-14-44(28-40)24-36-18-38-26-46-16-12-42(30-46)22-34-8-4-3-7-33(34)21-41-11-15-45(29-41)25-37(38)17-35(36)23-43-13-9-39(27-43)19-31(32)5-1/h1-18,27-30H,19-26H2/q+4. The van der Waals surface area contributed by atoms with E-state index in [1.807, 2.05) is 0 Å². The molecule has 0 atom stereocenters. The molecule has 3 aromatic carbocycles. The molecule has 2 aliphatic heterocycles. The maximum atomic E-state index is 2.47. The van der Waals surface area contributed by atoms with Crippen molar-refractivity contribution in [3.8, 4) is 0 Å². The highest BCUT2D eigenvalue weighted by atomic mass is 15.1. The number of hydrogen-bond acceptors (Lipinski definition) is 0. The summed E-state index contributed by atoms with van der Waals surface area (Å²) in [4.78, 5) is 0. The average Bonchev–Trinajstić information content (AvgIpc) is 3.87. The second kappa shape index (κ2) is 11.1. The Labute approximate surface area is 268 Å². The van der Waals surface area contributed by atoms with Crippen LogP contribution in [0.3, 0.4) is 0 Å². The van der Waals surface area contributed by atoms with E-state index in [-0.39, 0.29) is 0 Å². The Bertz CT molecular complexity index is 1890. The Balaban J connectivity index is 1.14. The van der Waals surface area contributed by atoms with Crippen LogP contribution in [-0.2, 0) is 52.4 Å². The molecule has 0 saturated heterocycles. The van der Waals surface area contributed by atoms with Gasteiger partial charge in [0.2, 0.25) is 25.3 Å². The number of nitrogens with zero attached hydrogens (tertiary/aromatic N) is 8. The van der Waals surface area contributed by atoms with Crippen LogP contribution in [0, 0.1) is 0 Å². The van der Waals surface area contributed by atoms with Crippen LogP contribution in [0.2, 0.25) is 0 Å². The van der Waals surface area contributed by atoms with E-state index >= 15 is 0 Å². The van der Waals surface area contributed by atoms with E-state index in [9.17, 15) is 0 Å². The van der Waals surface area contributed by atoms with Gasteiger partial charge in [-0.2, -0.15) is 0 Å². The van der Waals surface area contributed by atoms with E-state index in [1.54, 1.807) is 0 Å². The average molecular weight is 607 g/mol. The molecule has 0 saturated carbocycles. The lowest BCUT2D eigenvalue weighted by molar-refractivity contribution is -0.694. The van der Waals surface area contributed by atoms with Gasteiger partial charge >= 0.3 is 0 Å². The summed E-state index contributed by atoms with van der Waals surface area (Å²) in [6, 6.07) is 22.5. The zero-order valence-electron chi connectivity index (χ0n) is 25.9. The van der Waals surface area contributed by atoms with Crippen LogP contribution < -0.4 is 18.3 Å². The van der Waals surface area contributed by atoms with Crippen molar-refractivity contribution in [1.29, 1.82) is 0 Å². The summed E-state index contributed by atoms with van der Waals surface area (Å²) in [5, 5.41) is 0. The van der Waals surface area contributed by atoms with Crippen LogP contribution in [0.15, 0.2) is 136 Å². The molecule has 0 spiro atoms. The van der Waals surface area contributed by atoms with Gasteiger partial charge in [0.1, 0.15) is 102 Å². The molecule has 0 aliphatic carbocycles. The molecule has 8 nitrogen and oxygen atoms in total. The molecule has 9 rings (SSSR count). The zero-order chi connectivity index (χ0) is 30.5. The van der Waals surface area contributed by atoms with Crippen LogP contribution >= 0.6 is 0 Å². The molecule has 6 heterocycles. The number of hydrogen-bond donors (Lipinski definition) is 0. The van der Waals surface area contributed by atoms with Crippen LogP contribution in [0.5, 0.6) is 0 Å². The monoisotopic (exact) mass is 606 g/mol. The molecular weight excluding hydrogens is 568 g/mol. The minimum Gasteiger partial charge on any atom is -0.233 e. The molecule has 226 valence electrons. The fourth-order valence-corrected chi connectivity index (χ4v) is 7.19. The highest BCUT2D eigenvalue weighted by molar-refractivity contribution is 5.38. The molecule has 0 unspecified atom stereocenters. The fourth-order valence-electron chi connectivity index (χ4n) is 7.19. The largest absolute Gasteiger partial charge is 0.244 e. The first-order chi connectivity index (χ1) is 22.7. The summed E-state index contributed by atoms with van der Waals surface area (Å²) >= 11 is 0. The molecule has 46 heavy (non-hydrogen) atoms. The van der Waals surface area contributed by atoms with Gasteiger partial charge in [0.25, 0.3) is 0 Å². The lowest BCUT2D eigenvalue weighted by Gasteiger charge is -2.14. The Morgan fingerprint density at radius 2 is 0.609 bits per heavy atom. The van der Waals surface area contributed by atoms with Crippen LogP contribution in [0.25, 0.3) is 0 Å². The highest BCUT2D eigenvalue weighted by Gasteiger charge is 2.21. The number of benzene rings is 3. The van der Waals surface area contributed by atoms with E-state index < -0.39 is 0 Å². The predicted molar refractivity (Wildman–Crippen MR) is 171 cm³/mol. The third-order valence-corrected chi connectivity index (χ3v) is 9.57. The molecule has 0 radical (unpaired) electrons. The van der Waals surface area contributed by atoms with Gasteiger partial charge in [0.15, 0.2) is 0 Å². The molecule has 8 bridgehead atoms. The molecular formula is C38H38N8+4. The lowest BCUT2D eigenvalue weighted by Crippen LogP contribution is -2.38. The van der Waals surface area contributed by atoms with Gasteiger partial charge in [-0.25, -0.2) is 36.5 Å². The van der Waals surface area contributed by atoms with E-state index in [1.165, 1.54) is 44.5 Å². The zero-order valence-corrected chi connectivity index (χ0v) is 25.9. The highest BCUT2D eigenvalue weighted by Crippen LogP contribution is 2.20. The van der Waals surface area contributed by atoms with Crippen molar-refractivity contribution in [2.75, 3.05) is 0 Å². The summed E-state index contributed by atoms with van der Waals surface area (Å²) < 4.78 is 18.5. The Kier molecular flexibility index (Phi) is 6.51. The van der Waals surface area contributed by atoms with Crippen molar-refractivity contribution >= 4 is 0 Å². The van der Waals surface area contributed by atoms with Crippen molar-refractivity contribution in [2.24, 2.45) is 0 Å². The summed E-state index contributed by atoms with van der Waals surface area (Å²) in [5.74, 6) is 0. The smallest absolute Gasteiger partial charge is 0.233 e. The quantitative estimate of drug-likeness (QED) is 0.238. The summed E-state index contributed by atoms with van der Waals surface area (Å²) in [6.45, 7) is 6.73. The molecule has 4 aromatic heterocycles. The Morgan fingerprint density at radius 3 is 0.870 bits per heavy atom. The molecule has 7 aromatic rings. The van der Waals surface area contributed by atoms with Gasteiger partial charge in [0, 0.05) is 44.5 Å². The fraction of sp³-hybridized carbons (Fsp3) is 0.211. The van der Waals surface area contributed by atoms with Crippen LogP contribution in [-0.4, -0.2) is 18.3 Å². The van der Waals surface area contributed by atoms with Crippen LogP contribution in [0.1, 0.15) is 44.5 Å². The van der Waals surface area contributed by atoms with Crippen molar-refractivity contribution < 1.29 is 18.3 Å². The third kappa shape index (κ3) is 5.36. The Morgan fingerprint density at radius 1 is 0.348 bits per heavy atom. The second-order valence-electron chi connectivity index (χ2n) is 13.0.